The summed E-state index contributed by atoms with van der Waals surface area (Å²) < 4.78 is 28.7. The van der Waals surface area contributed by atoms with E-state index in [0.29, 0.717) is 16.2 Å². The molecule has 3 aromatic rings. The Morgan fingerprint density at radius 2 is 1.61 bits per heavy atom. The van der Waals surface area contributed by atoms with E-state index >= 15 is 4.39 Å². The number of carbonyl (C=O) groups is 4. The molecule has 4 aliphatic rings. The summed E-state index contributed by atoms with van der Waals surface area (Å²) in [5.74, 6) is -8.30. The van der Waals surface area contributed by atoms with Gasteiger partial charge >= 0.3 is 0 Å². The third-order valence-electron chi connectivity index (χ3n) is 9.81. The summed E-state index contributed by atoms with van der Waals surface area (Å²) in [6, 6.07) is 15.6. The molecule has 1 saturated carbocycles. The van der Waals surface area contributed by atoms with Gasteiger partial charge in [0, 0.05) is 23.6 Å². The summed E-state index contributed by atoms with van der Waals surface area (Å²) in [4.78, 5) is 56.9. The van der Waals surface area contributed by atoms with E-state index in [4.69, 9.17) is 11.6 Å². The largest absolute Gasteiger partial charge is 0.505 e. The van der Waals surface area contributed by atoms with E-state index in [1.807, 2.05) is 6.08 Å². The number of hydrazine groups is 1. The third-order valence-corrected chi connectivity index (χ3v) is 10.1. The van der Waals surface area contributed by atoms with Crippen LogP contribution in [0.1, 0.15) is 29.9 Å². The lowest BCUT2D eigenvalue weighted by Gasteiger charge is -2.50. The molecule has 8 nitrogen and oxygen atoms in total. The number of nitrogens with one attached hydrogen (secondary N) is 1. The minimum absolute atomic E-state index is 0.0429. The molecule has 11 heteroatoms. The van der Waals surface area contributed by atoms with Crippen molar-refractivity contribution in [3.63, 3.8) is 0 Å². The zero-order chi connectivity index (χ0) is 31.1. The first kappa shape index (κ1) is 28.2. The lowest BCUT2D eigenvalue weighted by atomic mass is 9.49. The summed E-state index contributed by atoms with van der Waals surface area (Å²) in [6.45, 7) is 0. The van der Waals surface area contributed by atoms with Crippen LogP contribution in [0.3, 0.4) is 0 Å². The molecule has 2 aliphatic carbocycles. The second-order valence-electron chi connectivity index (χ2n) is 11.8. The number of aromatic hydroxyl groups is 1. The lowest BCUT2D eigenvalue weighted by molar-refractivity contribution is -0.140. The Morgan fingerprint density at radius 3 is 2.32 bits per heavy atom. The van der Waals surface area contributed by atoms with Crippen LogP contribution < -0.4 is 5.43 Å². The van der Waals surface area contributed by atoms with Gasteiger partial charge < -0.3 is 5.11 Å². The molecule has 224 valence electrons. The number of carbonyl (C=O) groups excluding carboxylic acids is 4. The van der Waals surface area contributed by atoms with Crippen molar-refractivity contribution >= 4 is 40.9 Å². The second kappa shape index (κ2) is 9.99. The average molecular weight is 618 g/mol. The van der Waals surface area contributed by atoms with Crippen LogP contribution in [0, 0.1) is 35.3 Å². The van der Waals surface area contributed by atoms with E-state index in [9.17, 15) is 28.7 Å². The minimum Gasteiger partial charge on any atom is -0.505 e. The Balaban J connectivity index is 1.49. The number of halogens is 3. The van der Waals surface area contributed by atoms with E-state index in [0.717, 1.165) is 16.0 Å². The molecule has 3 fully saturated rings. The number of para-hydroxylation sites is 1. The zero-order valence-corrected chi connectivity index (χ0v) is 24.1. The van der Waals surface area contributed by atoms with Gasteiger partial charge in [-0.3, -0.25) is 29.5 Å². The smallest absolute Gasteiger partial charge is 0.260 e. The molecule has 0 radical (unpaired) electrons. The summed E-state index contributed by atoms with van der Waals surface area (Å²) in [5.41, 5.74) is 2.48. The number of imide groups is 2. The molecule has 0 bridgehead atoms. The highest BCUT2D eigenvalue weighted by Gasteiger charge is 2.70. The van der Waals surface area contributed by atoms with Gasteiger partial charge in [0.05, 0.1) is 28.9 Å². The van der Waals surface area contributed by atoms with Crippen molar-refractivity contribution in [3.05, 3.63) is 106 Å². The first-order valence-corrected chi connectivity index (χ1v) is 14.6. The van der Waals surface area contributed by atoms with E-state index in [-0.39, 0.29) is 35.9 Å². The maximum atomic E-state index is 15.0. The van der Waals surface area contributed by atoms with Crippen LogP contribution in [0.4, 0.5) is 14.5 Å². The van der Waals surface area contributed by atoms with Crippen LogP contribution in [-0.2, 0) is 24.6 Å². The molecule has 2 N–H and O–H groups in total. The zero-order valence-electron chi connectivity index (χ0n) is 23.3. The van der Waals surface area contributed by atoms with E-state index in [1.165, 1.54) is 43.4 Å². The quantitative estimate of drug-likeness (QED) is 0.317. The Hall–Kier alpha value is -4.57. The van der Waals surface area contributed by atoms with Crippen molar-refractivity contribution in [2.75, 3.05) is 12.5 Å². The molecule has 6 unspecified atom stereocenters. The van der Waals surface area contributed by atoms with Gasteiger partial charge in [0.1, 0.15) is 5.82 Å². The van der Waals surface area contributed by atoms with Crippen LogP contribution in [0.25, 0.3) is 0 Å². The molecular weight excluding hydrogens is 592 g/mol. The maximum absolute atomic E-state index is 15.0. The number of amides is 4. The van der Waals surface area contributed by atoms with Gasteiger partial charge in [0.15, 0.2) is 11.6 Å². The van der Waals surface area contributed by atoms with Crippen molar-refractivity contribution in [3.8, 4) is 5.75 Å². The Kier molecular flexibility index (Phi) is 6.40. The molecule has 44 heavy (non-hydrogen) atoms. The number of nitrogens with zero attached hydrogens (tertiary/aromatic N) is 2. The molecule has 3 aromatic carbocycles. The number of anilines is 1. The first-order chi connectivity index (χ1) is 21.0. The van der Waals surface area contributed by atoms with Crippen LogP contribution >= 0.6 is 11.6 Å². The van der Waals surface area contributed by atoms with Gasteiger partial charge in [-0.15, -0.1) is 0 Å². The van der Waals surface area contributed by atoms with Crippen LogP contribution in [-0.4, -0.2) is 45.7 Å². The van der Waals surface area contributed by atoms with Crippen LogP contribution in [0.15, 0.2) is 78.4 Å². The fraction of sp³-hybridized carbons (Fsp3) is 0.273. The summed E-state index contributed by atoms with van der Waals surface area (Å²) in [6.07, 6.45) is 2.06. The Morgan fingerprint density at radius 1 is 0.909 bits per heavy atom. The number of benzene rings is 3. The van der Waals surface area contributed by atoms with E-state index < -0.39 is 64.2 Å². The summed E-state index contributed by atoms with van der Waals surface area (Å²) in [7, 11) is 1.43. The van der Waals surface area contributed by atoms with Gasteiger partial charge in [-0.2, -0.15) is 5.01 Å². The fourth-order valence-electron chi connectivity index (χ4n) is 7.92. The number of rotatable bonds is 4. The van der Waals surface area contributed by atoms with Crippen molar-refractivity contribution < 1.29 is 33.1 Å². The number of hydrogen-bond donors (Lipinski definition) is 2. The van der Waals surface area contributed by atoms with Crippen LogP contribution in [0.2, 0.25) is 5.02 Å². The molecule has 4 amide bonds. The number of hydrogen-bond acceptors (Lipinski definition) is 6. The van der Waals surface area contributed by atoms with Crippen molar-refractivity contribution in [1.29, 1.82) is 0 Å². The van der Waals surface area contributed by atoms with E-state index in [1.54, 1.807) is 24.3 Å². The van der Waals surface area contributed by atoms with E-state index in [2.05, 4.69) is 5.43 Å². The van der Waals surface area contributed by atoms with Gasteiger partial charge in [0.25, 0.3) is 11.8 Å². The monoisotopic (exact) mass is 617 g/mol. The van der Waals surface area contributed by atoms with Crippen molar-refractivity contribution in [1.82, 2.24) is 9.91 Å². The third kappa shape index (κ3) is 3.79. The fourth-order valence-corrected chi connectivity index (χ4v) is 8.05. The maximum Gasteiger partial charge on any atom is 0.260 e. The average Bonchev–Trinajstić information content (AvgIpc) is 3.36. The Bertz CT molecular complexity index is 1780. The topological polar surface area (TPSA) is 107 Å². The second-order valence-corrected chi connectivity index (χ2v) is 12.2. The number of likely N-dealkylation sites (tertiary alicyclic amines) is 1. The van der Waals surface area contributed by atoms with Crippen molar-refractivity contribution in [2.24, 2.45) is 23.7 Å². The molecule has 0 aromatic heterocycles. The van der Waals surface area contributed by atoms with Crippen LogP contribution in [0.5, 0.6) is 5.75 Å². The molecule has 2 heterocycles. The molecular formula is C33H26ClF2N3O5. The number of phenols is 1. The first-order valence-electron chi connectivity index (χ1n) is 14.2. The van der Waals surface area contributed by atoms with Gasteiger partial charge in [-0.05, 0) is 66.8 Å². The lowest BCUT2D eigenvalue weighted by Crippen LogP contribution is -2.53. The highest BCUT2D eigenvalue weighted by Crippen LogP contribution is 2.64. The summed E-state index contributed by atoms with van der Waals surface area (Å²) >= 11 is 6.24. The predicted octanol–water partition coefficient (Wildman–Crippen LogP) is 4.94. The minimum atomic E-state index is -1.70. The van der Waals surface area contributed by atoms with Gasteiger partial charge in [0.2, 0.25) is 11.8 Å². The molecule has 2 saturated heterocycles. The highest BCUT2D eigenvalue weighted by molar-refractivity contribution is 6.30. The van der Waals surface area contributed by atoms with Gasteiger partial charge in [-0.1, -0.05) is 47.5 Å². The predicted molar refractivity (Wildman–Crippen MR) is 155 cm³/mol. The molecule has 0 spiro atoms. The van der Waals surface area contributed by atoms with Gasteiger partial charge in [-0.25, -0.2) is 8.78 Å². The number of phenolic OH excluding ortho intramolecular Hbond substituents is 1. The standard InChI is InChI=1S/C33H26ClF2N3O5/c1-38-29(41)21-14-13-20-23(26(21)31(38)43)15-24-30(42)39(37-19-11-9-18(35)10-12-19)32(44)33(24,16-5-7-17(34)8-6-16)27(20)22-3-2-4-25(36)28(22)40/h2-13,21,23-24,26-27,37,40H,14-15H2,1H3. The molecule has 6 atom stereocenters. The number of fused-ring (bicyclic) bond motifs is 4. The van der Waals surface area contributed by atoms with Crippen molar-refractivity contribution in [2.45, 2.75) is 24.2 Å². The number of allylic oxidation sites excluding steroid dienone is 2. The SMILES string of the molecule is CN1C(=O)C2CC=C3C(CC4C(=O)N(Nc5ccc(F)cc5)C(=O)C4(c4ccc(Cl)cc4)C3c3cccc(F)c3O)C2C1=O. The Labute approximate surface area is 255 Å². The highest BCUT2D eigenvalue weighted by atomic mass is 35.5. The molecule has 2 aliphatic heterocycles. The molecule has 7 rings (SSSR count). The normalized spacial score (nSPS) is 29.4. The summed E-state index contributed by atoms with van der Waals surface area (Å²) in [5, 5.41) is 12.4.